The second kappa shape index (κ2) is 5.02. The summed E-state index contributed by atoms with van der Waals surface area (Å²) in [6.07, 6.45) is 1.83. The van der Waals surface area contributed by atoms with E-state index in [1.165, 1.54) is 20.7 Å². The number of benzene rings is 1. The molecule has 3 rings (SSSR count). The lowest BCUT2D eigenvalue weighted by molar-refractivity contribution is 1.14. The fourth-order valence-electron chi connectivity index (χ4n) is 2.24. The molecule has 0 aliphatic carbocycles. The number of rotatable bonds is 3. The van der Waals surface area contributed by atoms with Gasteiger partial charge in [-0.1, -0.05) is 6.07 Å². The first-order chi connectivity index (χ1) is 9.22. The largest absolute Gasteiger partial charge is 0.381 e. The van der Waals surface area contributed by atoms with Gasteiger partial charge in [-0.2, -0.15) is 0 Å². The predicted octanol–water partition coefficient (Wildman–Crippen LogP) is 4.53. The van der Waals surface area contributed by atoms with Crippen LogP contribution in [0, 0.1) is 13.8 Å². The Kier molecular flexibility index (Phi) is 3.22. The first-order valence-electron chi connectivity index (χ1n) is 6.37. The van der Waals surface area contributed by atoms with Gasteiger partial charge in [0.2, 0.25) is 0 Å². The Morgan fingerprint density at radius 3 is 2.84 bits per heavy atom. The lowest BCUT2D eigenvalue weighted by Gasteiger charge is -2.07. The van der Waals surface area contributed by atoms with Gasteiger partial charge in [-0.05, 0) is 49.7 Å². The first kappa shape index (κ1) is 12.2. The number of nitrogens with one attached hydrogen (secondary N) is 1. The van der Waals surface area contributed by atoms with Crippen molar-refractivity contribution in [2.45, 2.75) is 20.4 Å². The van der Waals surface area contributed by atoms with Crippen molar-refractivity contribution >= 4 is 27.9 Å². The third-order valence-corrected chi connectivity index (χ3v) is 4.24. The number of nitrogens with zero attached hydrogens (tertiary/aromatic N) is 1. The van der Waals surface area contributed by atoms with E-state index < -0.39 is 0 Å². The minimum atomic E-state index is 0.877. The van der Waals surface area contributed by atoms with Crippen molar-refractivity contribution in [1.29, 1.82) is 0 Å². The van der Waals surface area contributed by atoms with Crippen LogP contribution in [0.5, 0.6) is 0 Å². The molecule has 0 aliphatic rings. The maximum atomic E-state index is 4.33. The highest BCUT2D eigenvalue weighted by atomic mass is 32.1. The van der Waals surface area contributed by atoms with Crippen LogP contribution in [-0.4, -0.2) is 4.98 Å². The van der Waals surface area contributed by atoms with Crippen LogP contribution >= 0.6 is 11.3 Å². The van der Waals surface area contributed by atoms with Gasteiger partial charge in [0.05, 0.1) is 5.52 Å². The van der Waals surface area contributed by atoms with E-state index in [1.807, 2.05) is 23.6 Å². The van der Waals surface area contributed by atoms with Gasteiger partial charge in [0.1, 0.15) is 0 Å². The van der Waals surface area contributed by atoms with Gasteiger partial charge in [-0.25, -0.2) is 0 Å². The van der Waals surface area contributed by atoms with E-state index in [0.717, 1.165) is 17.7 Å². The summed E-state index contributed by atoms with van der Waals surface area (Å²) in [7, 11) is 0. The van der Waals surface area contributed by atoms with Crippen LogP contribution in [0.15, 0.2) is 42.6 Å². The third-order valence-electron chi connectivity index (χ3n) is 3.23. The highest BCUT2D eigenvalue weighted by molar-refractivity contribution is 7.12. The van der Waals surface area contributed by atoms with Crippen molar-refractivity contribution in [1.82, 2.24) is 4.98 Å². The molecule has 1 N–H and O–H groups in total. The lowest BCUT2D eigenvalue weighted by atomic mass is 10.2. The standard InChI is InChI=1S/C16H16N2S/c1-11-8-14(12(2)19-11)10-18-15-5-6-16-13(9-15)4-3-7-17-16/h3-9,18H,10H2,1-2H3. The number of thiophene rings is 1. The molecular weight excluding hydrogens is 252 g/mol. The van der Waals surface area contributed by atoms with Gasteiger partial charge in [0.15, 0.2) is 0 Å². The van der Waals surface area contributed by atoms with Crippen LogP contribution in [0.3, 0.4) is 0 Å². The summed E-state index contributed by atoms with van der Waals surface area (Å²) in [6, 6.07) is 12.6. The number of aryl methyl sites for hydroxylation is 2. The van der Waals surface area contributed by atoms with Crippen LogP contribution in [0.2, 0.25) is 0 Å². The fourth-order valence-corrected chi connectivity index (χ4v) is 3.19. The van der Waals surface area contributed by atoms with Crippen LogP contribution in [0.1, 0.15) is 15.3 Å². The Morgan fingerprint density at radius 1 is 1.16 bits per heavy atom. The van der Waals surface area contributed by atoms with Gasteiger partial charge in [0, 0.05) is 33.6 Å². The van der Waals surface area contributed by atoms with Crippen molar-refractivity contribution in [3.63, 3.8) is 0 Å². The zero-order valence-corrected chi connectivity index (χ0v) is 11.9. The minimum absolute atomic E-state index is 0.877. The molecule has 2 nitrogen and oxygen atoms in total. The molecule has 1 aromatic carbocycles. The van der Waals surface area contributed by atoms with Crippen molar-refractivity contribution in [3.05, 3.63) is 57.9 Å². The summed E-state index contributed by atoms with van der Waals surface area (Å²) in [5.74, 6) is 0. The number of anilines is 1. The van der Waals surface area contributed by atoms with Gasteiger partial charge >= 0.3 is 0 Å². The molecule has 0 radical (unpaired) electrons. The maximum Gasteiger partial charge on any atom is 0.0703 e. The second-order valence-corrected chi connectivity index (χ2v) is 6.16. The van der Waals surface area contributed by atoms with E-state index in [0.29, 0.717) is 0 Å². The summed E-state index contributed by atoms with van der Waals surface area (Å²) >= 11 is 1.86. The monoisotopic (exact) mass is 268 g/mol. The second-order valence-electron chi connectivity index (χ2n) is 4.70. The minimum Gasteiger partial charge on any atom is -0.381 e. The molecule has 3 heteroatoms. The van der Waals surface area contributed by atoms with Crippen LogP contribution < -0.4 is 5.32 Å². The molecule has 3 aromatic rings. The van der Waals surface area contributed by atoms with Gasteiger partial charge in [-0.3, -0.25) is 4.98 Å². The van der Waals surface area contributed by atoms with Gasteiger partial charge in [0.25, 0.3) is 0 Å². The Morgan fingerprint density at radius 2 is 2.05 bits per heavy atom. The average molecular weight is 268 g/mol. The van der Waals surface area contributed by atoms with Crippen LogP contribution in [0.25, 0.3) is 10.9 Å². The molecule has 0 aliphatic heterocycles. The van der Waals surface area contributed by atoms with Crippen LogP contribution in [0.4, 0.5) is 5.69 Å². The molecule has 0 saturated heterocycles. The van der Waals surface area contributed by atoms with E-state index in [9.17, 15) is 0 Å². The summed E-state index contributed by atoms with van der Waals surface area (Å²) in [5, 5.41) is 4.66. The number of aromatic nitrogens is 1. The average Bonchev–Trinajstić information content (AvgIpc) is 2.74. The summed E-state index contributed by atoms with van der Waals surface area (Å²) in [4.78, 5) is 7.10. The topological polar surface area (TPSA) is 24.9 Å². The predicted molar refractivity (Wildman–Crippen MR) is 82.9 cm³/mol. The highest BCUT2D eigenvalue weighted by Crippen LogP contribution is 2.22. The third kappa shape index (κ3) is 2.61. The zero-order chi connectivity index (χ0) is 13.2. The Bertz CT molecular complexity index is 716. The molecule has 0 unspecified atom stereocenters. The van der Waals surface area contributed by atoms with Crippen molar-refractivity contribution in [3.8, 4) is 0 Å². The Hall–Kier alpha value is -1.87. The van der Waals surface area contributed by atoms with E-state index >= 15 is 0 Å². The molecule has 96 valence electrons. The van der Waals surface area contributed by atoms with Gasteiger partial charge < -0.3 is 5.32 Å². The maximum absolute atomic E-state index is 4.33. The Balaban J connectivity index is 1.80. The number of pyridine rings is 1. The smallest absolute Gasteiger partial charge is 0.0703 e. The fraction of sp³-hybridized carbons (Fsp3) is 0.188. The molecule has 0 atom stereocenters. The lowest BCUT2D eigenvalue weighted by Crippen LogP contribution is -1.99. The molecule has 19 heavy (non-hydrogen) atoms. The number of hydrogen-bond donors (Lipinski definition) is 1. The van der Waals surface area contributed by atoms with Crippen molar-refractivity contribution < 1.29 is 0 Å². The van der Waals surface area contributed by atoms with Crippen LogP contribution in [-0.2, 0) is 6.54 Å². The molecule has 0 spiro atoms. The van der Waals surface area contributed by atoms with E-state index in [-0.39, 0.29) is 0 Å². The molecule has 0 bridgehead atoms. The molecule has 2 heterocycles. The molecule has 2 aromatic heterocycles. The Labute approximate surface area is 117 Å². The quantitative estimate of drug-likeness (QED) is 0.755. The van der Waals surface area contributed by atoms with E-state index in [2.05, 4.69) is 54.5 Å². The number of hydrogen-bond acceptors (Lipinski definition) is 3. The highest BCUT2D eigenvalue weighted by Gasteiger charge is 2.03. The SMILES string of the molecule is Cc1cc(CNc2ccc3ncccc3c2)c(C)s1. The molecule has 0 amide bonds. The van der Waals surface area contributed by atoms with E-state index in [1.54, 1.807) is 0 Å². The molecular formula is C16H16N2S. The normalized spacial score (nSPS) is 10.8. The first-order valence-corrected chi connectivity index (χ1v) is 7.18. The van der Waals surface area contributed by atoms with Gasteiger partial charge in [-0.15, -0.1) is 11.3 Å². The summed E-state index contributed by atoms with van der Waals surface area (Å²) < 4.78 is 0. The molecule has 0 fully saturated rings. The van der Waals surface area contributed by atoms with Crippen molar-refractivity contribution in [2.24, 2.45) is 0 Å². The zero-order valence-electron chi connectivity index (χ0n) is 11.1. The molecule has 0 saturated carbocycles. The number of fused-ring (bicyclic) bond motifs is 1. The summed E-state index contributed by atoms with van der Waals surface area (Å²) in [6.45, 7) is 5.21. The van der Waals surface area contributed by atoms with E-state index in [4.69, 9.17) is 0 Å². The van der Waals surface area contributed by atoms with Crippen molar-refractivity contribution in [2.75, 3.05) is 5.32 Å². The summed E-state index contributed by atoms with van der Waals surface area (Å²) in [5.41, 5.74) is 3.56.